The number of halogens is 2. The Labute approximate surface area is 192 Å². The van der Waals surface area contributed by atoms with E-state index in [0.29, 0.717) is 0 Å². The van der Waals surface area contributed by atoms with Crippen LogP contribution in [0.2, 0.25) is 0 Å². The van der Waals surface area contributed by atoms with Crippen LogP contribution in [-0.4, -0.2) is 15.8 Å². The van der Waals surface area contributed by atoms with Crippen LogP contribution in [0.15, 0.2) is 91.3 Å². The van der Waals surface area contributed by atoms with Gasteiger partial charge in [-0.25, -0.2) is 8.78 Å². The number of carbonyl (C=O) groups is 1. The maximum atomic E-state index is 13.8. The molecule has 0 fully saturated rings. The number of hydrogen-bond donors (Lipinski definition) is 0. The highest BCUT2D eigenvalue weighted by Crippen LogP contribution is 2.31. The molecule has 4 rings (SSSR count). The predicted octanol–water partition coefficient (Wildman–Crippen LogP) is 6.67. The molecule has 0 bridgehead atoms. The Morgan fingerprint density at radius 1 is 0.727 bits per heavy atom. The normalized spacial score (nSPS) is 11.4. The SMILES string of the molecule is CCC(F)(F)c1ccc(CC(=O)Cc2ccc(-c3nccnc3-c3ccccc3)cc2)cc1. The van der Waals surface area contributed by atoms with Gasteiger partial charge in [0.1, 0.15) is 5.78 Å². The lowest BCUT2D eigenvalue weighted by molar-refractivity contribution is -0.117. The summed E-state index contributed by atoms with van der Waals surface area (Å²) in [6, 6.07) is 23.6. The van der Waals surface area contributed by atoms with Gasteiger partial charge in [0, 0.05) is 48.3 Å². The van der Waals surface area contributed by atoms with Crippen molar-refractivity contribution in [2.75, 3.05) is 0 Å². The smallest absolute Gasteiger partial charge is 0.273 e. The Kier molecular flexibility index (Phi) is 6.68. The van der Waals surface area contributed by atoms with Crippen LogP contribution in [0.3, 0.4) is 0 Å². The fourth-order valence-electron chi connectivity index (χ4n) is 3.73. The molecule has 0 N–H and O–H groups in total. The summed E-state index contributed by atoms with van der Waals surface area (Å²) < 4.78 is 27.5. The summed E-state index contributed by atoms with van der Waals surface area (Å²) in [5, 5.41) is 0. The highest BCUT2D eigenvalue weighted by atomic mass is 19.3. The highest BCUT2D eigenvalue weighted by molar-refractivity contribution is 5.83. The lowest BCUT2D eigenvalue weighted by atomic mass is 9.98. The van der Waals surface area contributed by atoms with Crippen LogP contribution in [-0.2, 0) is 23.6 Å². The summed E-state index contributed by atoms with van der Waals surface area (Å²) in [6.07, 6.45) is 3.58. The van der Waals surface area contributed by atoms with E-state index in [2.05, 4.69) is 9.97 Å². The second kappa shape index (κ2) is 9.82. The fourth-order valence-corrected chi connectivity index (χ4v) is 3.73. The van der Waals surface area contributed by atoms with Crippen LogP contribution < -0.4 is 0 Å². The third kappa shape index (κ3) is 5.37. The summed E-state index contributed by atoms with van der Waals surface area (Å²) in [5.41, 5.74) is 5.11. The Morgan fingerprint density at radius 2 is 1.21 bits per heavy atom. The Bertz CT molecular complexity index is 1220. The molecule has 0 amide bonds. The van der Waals surface area contributed by atoms with E-state index < -0.39 is 5.92 Å². The van der Waals surface area contributed by atoms with E-state index in [4.69, 9.17) is 0 Å². The predicted molar refractivity (Wildman–Crippen MR) is 126 cm³/mol. The van der Waals surface area contributed by atoms with E-state index in [1.165, 1.54) is 19.1 Å². The minimum atomic E-state index is -2.84. The second-order valence-corrected chi connectivity index (χ2v) is 7.96. The molecule has 4 aromatic rings. The summed E-state index contributed by atoms with van der Waals surface area (Å²) in [7, 11) is 0. The van der Waals surface area contributed by atoms with E-state index in [-0.39, 0.29) is 30.6 Å². The van der Waals surface area contributed by atoms with E-state index in [1.54, 1.807) is 24.5 Å². The van der Waals surface area contributed by atoms with E-state index in [9.17, 15) is 13.6 Å². The highest BCUT2D eigenvalue weighted by Gasteiger charge is 2.28. The maximum absolute atomic E-state index is 13.8. The molecule has 0 atom stereocenters. The van der Waals surface area contributed by atoms with Crippen LogP contribution >= 0.6 is 0 Å². The summed E-state index contributed by atoms with van der Waals surface area (Å²) in [5.74, 6) is -2.81. The summed E-state index contributed by atoms with van der Waals surface area (Å²) in [6.45, 7) is 1.45. The van der Waals surface area contributed by atoms with Gasteiger partial charge in [0.2, 0.25) is 0 Å². The molecular weight excluding hydrogens is 418 g/mol. The van der Waals surface area contributed by atoms with Gasteiger partial charge in [0.15, 0.2) is 0 Å². The largest absolute Gasteiger partial charge is 0.299 e. The van der Waals surface area contributed by atoms with Gasteiger partial charge in [-0.15, -0.1) is 0 Å². The zero-order valence-electron chi connectivity index (χ0n) is 18.3. The minimum absolute atomic E-state index is 0.0179. The topological polar surface area (TPSA) is 42.9 Å². The fraction of sp³-hybridized carbons (Fsp3) is 0.179. The number of carbonyl (C=O) groups excluding carboxylic acids is 1. The molecule has 33 heavy (non-hydrogen) atoms. The lowest BCUT2D eigenvalue weighted by Crippen LogP contribution is -2.12. The molecule has 3 nitrogen and oxygen atoms in total. The number of hydrogen-bond acceptors (Lipinski definition) is 3. The monoisotopic (exact) mass is 442 g/mol. The van der Waals surface area contributed by atoms with E-state index >= 15 is 0 Å². The van der Waals surface area contributed by atoms with E-state index in [0.717, 1.165) is 33.6 Å². The van der Waals surface area contributed by atoms with Gasteiger partial charge in [0.25, 0.3) is 5.92 Å². The average Bonchev–Trinajstić information content (AvgIpc) is 2.85. The van der Waals surface area contributed by atoms with Crippen molar-refractivity contribution in [3.63, 3.8) is 0 Å². The van der Waals surface area contributed by atoms with Gasteiger partial charge in [-0.05, 0) is 11.1 Å². The molecule has 5 heteroatoms. The standard InChI is InChI=1S/C28H24F2N2O/c1-2-28(29,30)24-14-10-21(11-15-24)19-25(33)18-20-8-12-23(13-9-20)27-26(31-16-17-32-27)22-6-4-3-5-7-22/h3-17H,2,18-19H2,1H3. The van der Waals surface area contributed by atoms with E-state index in [1.807, 2.05) is 54.6 Å². The van der Waals surface area contributed by atoms with Crippen molar-refractivity contribution >= 4 is 5.78 Å². The molecular formula is C28H24F2N2O. The number of rotatable bonds is 8. The van der Waals surface area contributed by atoms with Gasteiger partial charge < -0.3 is 0 Å². The first-order chi connectivity index (χ1) is 16.0. The molecule has 0 spiro atoms. The van der Waals surface area contributed by atoms with Crippen LogP contribution in [0.5, 0.6) is 0 Å². The molecule has 0 aliphatic heterocycles. The summed E-state index contributed by atoms with van der Waals surface area (Å²) >= 11 is 0. The third-order valence-corrected chi connectivity index (χ3v) is 5.60. The molecule has 0 saturated carbocycles. The quantitative estimate of drug-likeness (QED) is 0.306. The van der Waals surface area contributed by atoms with Crippen LogP contribution in [0.1, 0.15) is 30.0 Å². The number of aromatic nitrogens is 2. The van der Waals surface area contributed by atoms with Crippen LogP contribution in [0.25, 0.3) is 22.5 Å². The van der Waals surface area contributed by atoms with Gasteiger partial charge in [0.05, 0.1) is 11.4 Å². The Hall–Kier alpha value is -3.73. The molecule has 0 aliphatic rings. The van der Waals surface area contributed by atoms with Gasteiger partial charge >= 0.3 is 0 Å². The van der Waals surface area contributed by atoms with Gasteiger partial charge in [-0.1, -0.05) is 85.8 Å². The van der Waals surface area contributed by atoms with Gasteiger partial charge in [-0.2, -0.15) is 0 Å². The molecule has 0 saturated heterocycles. The molecule has 3 aromatic carbocycles. The lowest BCUT2D eigenvalue weighted by Gasteiger charge is -2.14. The van der Waals surface area contributed by atoms with Crippen molar-refractivity contribution in [3.05, 3.63) is 108 Å². The first-order valence-electron chi connectivity index (χ1n) is 10.9. The number of nitrogens with zero attached hydrogens (tertiary/aromatic N) is 2. The Morgan fingerprint density at radius 3 is 1.73 bits per heavy atom. The molecule has 166 valence electrons. The zero-order valence-corrected chi connectivity index (χ0v) is 18.3. The Balaban J connectivity index is 1.44. The minimum Gasteiger partial charge on any atom is -0.299 e. The molecule has 0 aliphatic carbocycles. The van der Waals surface area contributed by atoms with Gasteiger partial charge in [-0.3, -0.25) is 14.8 Å². The summed E-state index contributed by atoms with van der Waals surface area (Å²) in [4.78, 5) is 21.6. The van der Waals surface area contributed by atoms with Crippen molar-refractivity contribution in [1.29, 1.82) is 0 Å². The molecule has 0 unspecified atom stereocenters. The van der Waals surface area contributed by atoms with Crippen molar-refractivity contribution in [1.82, 2.24) is 9.97 Å². The first kappa shape index (κ1) is 22.5. The van der Waals surface area contributed by atoms with Crippen LogP contribution in [0, 0.1) is 0 Å². The van der Waals surface area contributed by atoms with Crippen molar-refractivity contribution in [2.24, 2.45) is 0 Å². The number of Topliss-reactive ketones (excluding diaryl/α,β-unsaturated/α-hetero) is 1. The van der Waals surface area contributed by atoms with Crippen molar-refractivity contribution in [3.8, 4) is 22.5 Å². The average molecular weight is 443 g/mol. The maximum Gasteiger partial charge on any atom is 0.273 e. The third-order valence-electron chi connectivity index (χ3n) is 5.60. The second-order valence-electron chi connectivity index (χ2n) is 7.96. The number of ketones is 1. The molecule has 1 heterocycles. The van der Waals surface area contributed by atoms with Crippen molar-refractivity contribution < 1.29 is 13.6 Å². The molecule has 1 aromatic heterocycles. The first-order valence-corrected chi connectivity index (χ1v) is 10.9. The van der Waals surface area contributed by atoms with Crippen molar-refractivity contribution in [2.45, 2.75) is 32.1 Å². The molecule has 0 radical (unpaired) electrons. The zero-order chi connectivity index (χ0) is 23.3. The number of alkyl halides is 2. The van der Waals surface area contributed by atoms with Crippen LogP contribution in [0.4, 0.5) is 8.78 Å². The number of benzene rings is 3.